The number of hydrogen-bond donors (Lipinski definition) is 2. The number of rotatable bonds is 9. The zero-order valence-electron chi connectivity index (χ0n) is 29.1. The summed E-state index contributed by atoms with van der Waals surface area (Å²) in [7, 11) is -1.71. The van der Waals surface area contributed by atoms with Crippen molar-refractivity contribution >= 4 is 61.9 Å². The maximum Gasteiger partial charge on any atom is 0.329 e. The van der Waals surface area contributed by atoms with Gasteiger partial charge in [-0.2, -0.15) is 9.40 Å². The third-order valence-corrected chi connectivity index (χ3v) is 13.0. The number of amides is 3. The summed E-state index contributed by atoms with van der Waals surface area (Å²) in [5, 5.41) is 11.7. The van der Waals surface area contributed by atoms with Gasteiger partial charge in [-0.3, -0.25) is 19.7 Å². The first-order chi connectivity index (χ1) is 25.1. The largest absolute Gasteiger partial charge is 0.371 e. The van der Waals surface area contributed by atoms with Gasteiger partial charge in [0.15, 0.2) is 5.82 Å². The van der Waals surface area contributed by atoms with Crippen molar-refractivity contribution in [1.29, 1.82) is 0 Å². The molecule has 0 atom stereocenters. The molecule has 16 heteroatoms. The highest BCUT2D eigenvalue weighted by Gasteiger charge is 2.34. The number of carbonyl (C=O) groups is 2. The fraction of sp³-hybridized carbons (Fsp3) is 0.472. The van der Waals surface area contributed by atoms with E-state index in [0.29, 0.717) is 66.0 Å². The number of halogens is 1. The van der Waals surface area contributed by atoms with Crippen molar-refractivity contribution in [2.24, 2.45) is 13.0 Å². The van der Waals surface area contributed by atoms with Gasteiger partial charge in [-0.15, -0.1) is 0 Å². The summed E-state index contributed by atoms with van der Waals surface area (Å²) in [5.74, 6) is 1.82. The van der Waals surface area contributed by atoms with E-state index in [1.165, 1.54) is 5.56 Å². The number of benzene rings is 2. The SMILES string of the molecule is Cn1nc(N2CCC(=O)NC2=O)c2ccc(C3CCN(CC4CN(c5cccc(S(=O)(=O)N6CCC(Nc7ncc(Cl)cn7)CC6)c5)C4)CC3)cc21. The average molecular weight is 747 g/mol. The molecular weight excluding hydrogens is 704 g/mol. The lowest BCUT2D eigenvalue weighted by Gasteiger charge is -2.44. The first-order valence-electron chi connectivity index (χ1n) is 18.0. The van der Waals surface area contributed by atoms with Gasteiger partial charge in [0, 0.05) is 75.8 Å². The van der Waals surface area contributed by atoms with Crippen LogP contribution in [0.25, 0.3) is 10.9 Å². The summed E-state index contributed by atoms with van der Waals surface area (Å²) in [6.07, 6.45) is 6.84. The molecule has 0 aliphatic carbocycles. The van der Waals surface area contributed by atoms with E-state index < -0.39 is 16.1 Å². The predicted molar refractivity (Wildman–Crippen MR) is 199 cm³/mol. The molecular formula is C36H43ClN10O4S. The molecule has 274 valence electrons. The predicted octanol–water partition coefficient (Wildman–Crippen LogP) is 4.04. The highest BCUT2D eigenvalue weighted by molar-refractivity contribution is 7.89. The molecule has 8 rings (SSSR count). The van der Waals surface area contributed by atoms with E-state index in [4.69, 9.17) is 11.6 Å². The van der Waals surface area contributed by atoms with Crippen LogP contribution in [0.15, 0.2) is 59.8 Å². The van der Waals surface area contributed by atoms with Gasteiger partial charge in [0.05, 0.1) is 27.8 Å². The Morgan fingerprint density at radius 1 is 0.942 bits per heavy atom. The lowest BCUT2D eigenvalue weighted by Crippen LogP contribution is -2.52. The van der Waals surface area contributed by atoms with Crippen molar-refractivity contribution in [3.8, 4) is 0 Å². The normalized spacial score (nSPS) is 20.3. The van der Waals surface area contributed by atoms with Crippen molar-refractivity contribution in [2.75, 3.05) is 67.5 Å². The number of imide groups is 1. The molecule has 4 aliphatic rings. The van der Waals surface area contributed by atoms with Crippen molar-refractivity contribution in [3.63, 3.8) is 0 Å². The molecule has 2 aromatic carbocycles. The second kappa shape index (κ2) is 14.3. The number of likely N-dealkylation sites (tertiary alicyclic amines) is 1. The van der Waals surface area contributed by atoms with Gasteiger partial charge in [0.2, 0.25) is 21.9 Å². The molecule has 2 aromatic heterocycles. The molecule has 4 fully saturated rings. The van der Waals surface area contributed by atoms with Crippen LogP contribution in [0.5, 0.6) is 0 Å². The minimum absolute atomic E-state index is 0.0967. The van der Waals surface area contributed by atoms with Gasteiger partial charge >= 0.3 is 6.03 Å². The number of anilines is 3. The van der Waals surface area contributed by atoms with Gasteiger partial charge in [-0.05, 0) is 80.6 Å². The fourth-order valence-electron chi connectivity index (χ4n) is 7.98. The first kappa shape index (κ1) is 34.8. The second-order valence-corrected chi connectivity index (χ2v) is 16.7. The van der Waals surface area contributed by atoms with E-state index in [9.17, 15) is 18.0 Å². The van der Waals surface area contributed by atoms with Gasteiger partial charge in [-0.1, -0.05) is 23.7 Å². The number of fused-ring (bicyclic) bond motifs is 1. The number of sulfonamides is 1. The highest BCUT2D eigenvalue weighted by Crippen LogP contribution is 2.35. The molecule has 4 aromatic rings. The van der Waals surface area contributed by atoms with Crippen LogP contribution in [-0.4, -0.2) is 108 Å². The van der Waals surface area contributed by atoms with E-state index in [1.54, 1.807) is 27.7 Å². The number of aryl methyl sites for hydroxylation is 1. The van der Waals surface area contributed by atoms with Crippen LogP contribution in [0.2, 0.25) is 5.02 Å². The molecule has 2 N–H and O–H groups in total. The maximum absolute atomic E-state index is 13.6. The maximum atomic E-state index is 13.6. The molecule has 0 unspecified atom stereocenters. The van der Waals surface area contributed by atoms with E-state index in [2.05, 4.69) is 53.7 Å². The number of aromatic nitrogens is 4. The lowest BCUT2D eigenvalue weighted by atomic mass is 9.88. The number of nitrogens with one attached hydrogen (secondary N) is 2. The lowest BCUT2D eigenvalue weighted by molar-refractivity contribution is -0.120. The summed E-state index contributed by atoms with van der Waals surface area (Å²) in [6, 6.07) is 13.5. The van der Waals surface area contributed by atoms with Crippen LogP contribution < -0.4 is 20.4 Å². The van der Waals surface area contributed by atoms with E-state index >= 15 is 0 Å². The Balaban J connectivity index is 0.813. The van der Waals surface area contributed by atoms with E-state index in [-0.39, 0.29) is 18.4 Å². The molecule has 52 heavy (non-hydrogen) atoms. The van der Waals surface area contributed by atoms with Crippen LogP contribution in [0.4, 0.5) is 22.2 Å². The van der Waals surface area contributed by atoms with Crippen LogP contribution >= 0.6 is 11.6 Å². The quantitative estimate of drug-likeness (QED) is 0.257. The Kier molecular flexibility index (Phi) is 9.53. The summed E-state index contributed by atoms with van der Waals surface area (Å²) in [4.78, 5) is 39.2. The van der Waals surface area contributed by atoms with Crippen LogP contribution in [0.1, 0.15) is 43.6 Å². The zero-order valence-corrected chi connectivity index (χ0v) is 30.7. The minimum Gasteiger partial charge on any atom is -0.371 e. The average Bonchev–Trinajstić information content (AvgIpc) is 3.46. The monoisotopic (exact) mass is 746 g/mol. The summed E-state index contributed by atoms with van der Waals surface area (Å²) < 4.78 is 30.6. The van der Waals surface area contributed by atoms with Crippen molar-refractivity contribution < 1.29 is 18.0 Å². The molecule has 0 bridgehead atoms. The third kappa shape index (κ3) is 7.06. The molecule has 4 saturated heterocycles. The van der Waals surface area contributed by atoms with E-state index in [0.717, 1.165) is 62.2 Å². The summed E-state index contributed by atoms with van der Waals surface area (Å²) in [5.41, 5.74) is 3.22. The van der Waals surface area contributed by atoms with Crippen LogP contribution in [0.3, 0.4) is 0 Å². The van der Waals surface area contributed by atoms with Gasteiger partial charge in [-0.25, -0.2) is 23.2 Å². The Morgan fingerprint density at radius 3 is 2.42 bits per heavy atom. The third-order valence-electron chi connectivity index (χ3n) is 10.9. The second-order valence-electron chi connectivity index (χ2n) is 14.4. The molecule has 3 amide bonds. The molecule has 0 saturated carbocycles. The standard InChI is InChI=1S/C36H43ClN10O4S/c1-43-32-17-26(5-6-31(32)34(42-43)47-16-11-33(48)41-36(47)49)25-7-12-44(13-8-25)21-24-22-45(23-24)29-3-2-4-30(18-29)52(50,51)46-14-9-28(10-15-46)40-35-38-19-27(37)20-39-35/h2-6,17-20,24-25,28H,7-16,21-23H2,1H3,(H,38,39,40)(H,41,48,49). The summed E-state index contributed by atoms with van der Waals surface area (Å²) >= 11 is 5.89. The first-order valence-corrected chi connectivity index (χ1v) is 19.8. The number of nitrogens with zero attached hydrogens (tertiary/aromatic N) is 8. The molecule has 6 heterocycles. The molecule has 0 spiro atoms. The summed E-state index contributed by atoms with van der Waals surface area (Å²) in [6.45, 7) is 6.12. The Morgan fingerprint density at radius 2 is 1.69 bits per heavy atom. The fourth-order valence-corrected chi connectivity index (χ4v) is 9.59. The van der Waals surface area contributed by atoms with E-state index in [1.807, 2.05) is 29.9 Å². The number of piperidine rings is 2. The van der Waals surface area contributed by atoms with Gasteiger partial charge in [0.1, 0.15) is 0 Å². The van der Waals surface area contributed by atoms with Crippen LogP contribution in [0, 0.1) is 5.92 Å². The molecule has 4 aliphatic heterocycles. The highest BCUT2D eigenvalue weighted by atomic mass is 35.5. The topological polar surface area (TPSA) is 149 Å². The van der Waals surface area contributed by atoms with Gasteiger partial charge < -0.3 is 15.1 Å². The Bertz CT molecular complexity index is 2070. The molecule has 0 radical (unpaired) electrons. The zero-order chi connectivity index (χ0) is 36.0. The van der Waals surface area contributed by atoms with Crippen molar-refractivity contribution in [3.05, 3.63) is 65.4 Å². The number of hydrogen-bond acceptors (Lipinski definition) is 10. The van der Waals surface area contributed by atoms with Crippen molar-refractivity contribution in [1.82, 2.24) is 34.3 Å². The van der Waals surface area contributed by atoms with Crippen LogP contribution in [-0.2, 0) is 21.9 Å². The van der Waals surface area contributed by atoms with Crippen molar-refractivity contribution in [2.45, 2.75) is 49.0 Å². The minimum atomic E-state index is -3.60. The number of carbonyl (C=O) groups excluding carboxylic acids is 2. The number of urea groups is 1. The Labute approximate surface area is 308 Å². The Hall–Kier alpha value is -4.31. The smallest absolute Gasteiger partial charge is 0.329 e. The molecule has 14 nitrogen and oxygen atoms in total. The van der Waals surface area contributed by atoms with Gasteiger partial charge in [0.25, 0.3) is 0 Å².